The molecule has 2 aromatic rings. The van der Waals surface area contributed by atoms with Gasteiger partial charge in [-0.1, -0.05) is 5.21 Å². The van der Waals surface area contributed by atoms with Crippen molar-refractivity contribution in [3.63, 3.8) is 0 Å². The third-order valence-corrected chi connectivity index (χ3v) is 6.44. The fraction of sp³-hybridized carbons (Fsp3) is 0.667. The number of benzene rings is 1. The predicted octanol–water partition coefficient (Wildman–Crippen LogP) is 2.72. The number of likely N-dealkylation sites (tertiary alicyclic amines) is 1. The Bertz CT molecular complexity index is 971. The van der Waals surface area contributed by atoms with Crippen LogP contribution in [0.25, 0.3) is 11.0 Å². The van der Waals surface area contributed by atoms with E-state index in [9.17, 15) is 15.0 Å². The van der Waals surface area contributed by atoms with Gasteiger partial charge in [-0.15, -0.1) is 5.10 Å². The van der Waals surface area contributed by atoms with Crippen LogP contribution in [0.4, 0.5) is 4.79 Å². The Balaban J connectivity index is 1.40. The Hall–Kier alpha value is -1.91. The van der Waals surface area contributed by atoms with E-state index in [-0.39, 0.29) is 26.1 Å². The summed E-state index contributed by atoms with van der Waals surface area (Å²) < 4.78 is 13.8. The van der Waals surface area contributed by atoms with Crippen LogP contribution in [0.1, 0.15) is 40.0 Å². The molecule has 2 N–H and O–H groups in total. The molecule has 1 saturated carbocycles. The molecule has 0 radical (unpaired) electrons. The van der Waals surface area contributed by atoms with Crippen molar-refractivity contribution >= 4 is 33.1 Å². The van der Waals surface area contributed by atoms with Crippen LogP contribution in [-0.2, 0) is 11.3 Å². The van der Waals surface area contributed by atoms with E-state index in [1.807, 2.05) is 16.8 Å². The van der Waals surface area contributed by atoms with Crippen molar-refractivity contribution in [1.29, 1.82) is 0 Å². The van der Waals surface area contributed by atoms with Gasteiger partial charge in [-0.2, -0.15) is 0 Å². The van der Waals surface area contributed by atoms with Gasteiger partial charge in [0.05, 0.1) is 16.5 Å². The first-order chi connectivity index (χ1) is 14.6. The molecule has 170 valence electrons. The zero-order chi connectivity index (χ0) is 22.4. The summed E-state index contributed by atoms with van der Waals surface area (Å²) in [5, 5.41) is 30.0. The molecule has 0 spiro atoms. The first kappa shape index (κ1) is 22.3. The topological polar surface area (TPSA) is 110 Å². The van der Waals surface area contributed by atoms with Gasteiger partial charge >= 0.3 is 6.09 Å². The Kier molecular flexibility index (Phi) is 5.91. The molecule has 1 aliphatic heterocycles. The summed E-state index contributed by atoms with van der Waals surface area (Å²) in [6.45, 7) is 6.35. The number of aromatic nitrogens is 3. The van der Waals surface area contributed by atoms with E-state index in [1.54, 1.807) is 20.8 Å². The van der Waals surface area contributed by atoms with E-state index in [0.717, 1.165) is 12.1 Å². The number of rotatable bonds is 5. The standard InChI is InChI=1S/C21H29BrN4O5/c1-20(2,3)31-19(28)25-9-8-21(29,16(27)11-25)12-30-15-7-6-14-18(17(15)22)23-24-26(14)10-13-4-5-13/h6-7,13,16,27,29H,4-5,8-12H2,1-3H3. The average Bonchev–Trinajstić information content (AvgIpc) is 3.41. The van der Waals surface area contributed by atoms with Crippen LogP contribution in [-0.4, -0.2) is 73.2 Å². The van der Waals surface area contributed by atoms with Gasteiger partial charge in [-0.25, -0.2) is 9.48 Å². The highest BCUT2D eigenvalue weighted by atomic mass is 79.9. The lowest BCUT2D eigenvalue weighted by Gasteiger charge is -2.41. The molecule has 2 fully saturated rings. The minimum Gasteiger partial charge on any atom is -0.489 e. The zero-order valence-electron chi connectivity index (χ0n) is 18.0. The van der Waals surface area contributed by atoms with E-state index in [4.69, 9.17) is 9.47 Å². The second-order valence-electron chi connectivity index (χ2n) is 9.54. The second kappa shape index (κ2) is 8.22. The van der Waals surface area contributed by atoms with E-state index in [2.05, 4.69) is 26.2 Å². The molecule has 4 rings (SSSR count). The fourth-order valence-electron chi connectivity index (χ4n) is 3.61. The number of ether oxygens (including phenoxy) is 2. The zero-order valence-corrected chi connectivity index (χ0v) is 19.6. The van der Waals surface area contributed by atoms with Crippen LogP contribution in [0, 0.1) is 5.92 Å². The molecular weight excluding hydrogens is 468 g/mol. The van der Waals surface area contributed by atoms with Crippen molar-refractivity contribution in [3.05, 3.63) is 16.6 Å². The molecule has 9 nitrogen and oxygen atoms in total. The van der Waals surface area contributed by atoms with Crippen LogP contribution in [0.3, 0.4) is 0 Å². The number of piperidine rings is 1. The lowest BCUT2D eigenvalue weighted by Crippen LogP contribution is -2.59. The number of hydrogen-bond donors (Lipinski definition) is 2. The summed E-state index contributed by atoms with van der Waals surface area (Å²) in [6, 6.07) is 3.72. The van der Waals surface area contributed by atoms with Crippen LogP contribution < -0.4 is 4.74 Å². The number of aliphatic hydroxyl groups is 2. The molecule has 1 amide bonds. The molecule has 1 saturated heterocycles. The number of aliphatic hydroxyl groups excluding tert-OH is 1. The predicted molar refractivity (Wildman–Crippen MR) is 117 cm³/mol. The normalized spacial score (nSPS) is 24.5. The first-order valence-corrected chi connectivity index (χ1v) is 11.4. The van der Waals surface area contributed by atoms with Crippen molar-refractivity contribution in [2.45, 2.75) is 63.9 Å². The Morgan fingerprint density at radius 3 is 2.74 bits per heavy atom. The number of amides is 1. The minimum atomic E-state index is -1.48. The minimum absolute atomic E-state index is 0.0233. The van der Waals surface area contributed by atoms with Gasteiger partial charge in [0.2, 0.25) is 0 Å². The Morgan fingerprint density at radius 1 is 1.35 bits per heavy atom. The van der Waals surface area contributed by atoms with E-state index >= 15 is 0 Å². The summed E-state index contributed by atoms with van der Waals surface area (Å²) in [5.74, 6) is 1.20. The number of β-amino-alcohol motifs (C(OH)–C–C–N with tert-alkyl or cyclic N) is 1. The highest BCUT2D eigenvalue weighted by molar-refractivity contribution is 9.10. The van der Waals surface area contributed by atoms with Gasteiger partial charge < -0.3 is 24.6 Å². The van der Waals surface area contributed by atoms with Crippen molar-refractivity contribution in [2.24, 2.45) is 5.92 Å². The van der Waals surface area contributed by atoms with E-state index in [1.165, 1.54) is 17.7 Å². The van der Waals surface area contributed by atoms with Crippen LogP contribution >= 0.6 is 15.9 Å². The maximum Gasteiger partial charge on any atom is 0.410 e. The quantitative estimate of drug-likeness (QED) is 0.654. The maximum atomic E-state index is 12.3. The summed E-state index contributed by atoms with van der Waals surface area (Å²) in [5.41, 5.74) is -0.471. The smallest absolute Gasteiger partial charge is 0.410 e. The van der Waals surface area contributed by atoms with Gasteiger partial charge in [0.25, 0.3) is 0 Å². The number of carbonyl (C=O) groups is 1. The van der Waals surface area contributed by atoms with Crippen LogP contribution in [0.2, 0.25) is 0 Å². The molecule has 1 aromatic heterocycles. The number of hydrogen-bond acceptors (Lipinski definition) is 7. The van der Waals surface area contributed by atoms with Gasteiger partial charge in [0.1, 0.15) is 35.2 Å². The Morgan fingerprint density at radius 2 is 2.10 bits per heavy atom. The van der Waals surface area contributed by atoms with Crippen molar-refractivity contribution in [2.75, 3.05) is 19.7 Å². The highest BCUT2D eigenvalue weighted by Crippen LogP contribution is 2.35. The third kappa shape index (κ3) is 4.96. The lowest BCUT2D eigenvalue weighted by atomic mass is 9.89. The fourth-order valence-corrected chi connectivity index (χ4v) is 4.14. The number of fused-ring (bicyclic) bond motifs is 1. The molecule has 1 aromatic carbocycles. The summed E-state index contributed by atoms with van der Waals surface area (Å²) in [6.07, 6.45) is 0.976. The molecule has 10 heteroatoms. The van der Waals surface area contributed by atoms with E-state index < -0.39 is 23.4 Å². The monoisotopic (exact) mass is 496 g/mol. The maximum absolute atomic E-state index is 12.3. The van der Waals surface area contributed by atoms with Crippen molar-refractivity contribution < 1.29 is 24.5 Å². The third-order valence-electron chi connectivity index (χ3n) is 5.68. The largest absolute Gasteiger partial charge is 0.489 e. The molecule has 0 bridgehead atoms. The highest BCUT2D eigenvalue weighted by Gasteiger charge is 2.43. The van der Waals surface area contributed by atoms with Crippen LogP contribution in [0.15, 0.2) is 16.6 Å². The molecule has 2 heterocycles. The number of nitrogens with zero attached hydrogens (tertiary/aromatic N) is 4. The van der Waals surface area contributed by atoms with Crippen molar-refractivity contribution in [3.8, 4) is 5.75 Å². The molecule has 31 heavy (non-hydrogen) atoms. The van der Waals surface area contributed by atoms with Gasteiger partial charge in [-0.05, 0) is 74.0 Å². The van der Waals surface area contributed by atoms with Crippen molar-refractivity contribution in [1.82, 2.24) is 19.9 Å². The van der Waals surface area contributed by atoms with Gasteiger partial charge in [-0.3, -0.25) is 0 Å². The lowest BCUT2D eigenvalue weighted by molar-refractivity contribution is -0.135. The Labute approximate surface area is 189 Å². The average molecular weight is 497 g/mol. The summed E-state index contributed by atoms with van der Waals surface area (Å²) in [7, 11) is 0. The summed E-state index contributed by atoms with van der Waals surface area (Å²) in [4.78, 5) is 13.7. The van der Waals surface area contributed by atoms with Gasteiger partial charge in [0, 0.05) is 13.1 Å². The number of halogens is 1. The summed E-state index contributed by atoms with van der Waals surface area (Å²) >= 11 is 3.54. The number of carbonyl (C=O) groups excluding carboxylic acids is 1. The molecule has 2 aliphatic rings. The molecule has 2 atom stereocenters. The SMILES string of the molecule is CC(C)(C)OC(=O)N1CCC(O)(COc2ccc3c(nnn3CC3CC3)c2Br)C(O)C1. The molecular formula is C21H29BrN4O5. The molecule has 1 aliphatic carbocycles. The van der Waals surface area contributed by atoms with Gasteiger partial charge in [0.15, 0.2) is 0 Å². The first-order valence-electron chi connectivity index (χ1n) is 10.6. The molecule has 2 unspecified atom stereocenters. The van der Waals surface area contributed by atoms with E-state index in [0.29, 0.717) is 21.7 Å². The van der Waals surface area contributed by atoms with Crippen LogP contribution in [0.5, 0.6) is 5.75 Å². The second-order valence-corrected chi connectivity index (χ2v) is 10.3.